The van der Waals surface area contributed by atoms with Crippen molar-refractivity contribution in [1.82, 2.24) is 21.5 Å². The fourth-order valence-corrected chi connectivity index (χ4v) is 4.88. The van der Waals surface area contributed by atoms with E-state index in [4.69, 9.17) is 0 Å². The molecule has 7 nitrogen and oxygen atoms in total. The third kappa shape index (κ3) is 7.11. The second kappa shape index (κ2) is 10.2. The van der Waals surface area contributed by atoms with Gasteiger partial charge in [0.05, 0.1) is 6.07 Å². The Hall–Kier alpha value is -1.79. The summed E-state index contributed by atoms with van der Waals surface area (Å²) in [5.41, 5.74) is 5.94. The quantitative estimate of drug-likeness (QED) is 0.401. The third-order valence-corrected chi connectivity index (χ3v) is 6.36. The summed E-state index contributed by atoms with van der Waals surface area (Å²) in [6.45, 7) is 5.94. The average Bonchev–Trinajstić information content (AvgIpc) is 3.14. The number of rotatable bonds is 3. The fraction of sp³-hybridized carbons (Fsp3) is 0.864. The van der Waals surface area contributed by atoms with Crippen LogP contribution in [0.2, 0.25) is 0 Å². The number of halogens is 2. The fourth-order valence-electron chi connectivity index (χ4n) is 4.88. The van der Waals surface area contributed by atoms with Crippen LogP contribution in [-0.4, -0.2) is 42.0 Å². The molecule has 174 valence electrons. The Balaban J connectivity index is 1.63. The molecule has 0 aromatic carbocycles. The zero-order valence-electron chi connectivity index (χ0n) is 18.8. The predicted molar refractivity (Wildman–Crippen MR) is 115 cm³/mol. The van der Waals surface area contributed by atoms with Gasteiger partial charge < -0.3 is 5.32 Å². The van der Waals surface area contributed by atoms with Gasteiger partial charge in [-0.2, -0.15) is 5.26 Å². The topological polar surface area (TPSA) is 101 Å². The molecule has 1 amide bonds. The van der Waals surface area contributed by atoms with Gasteiger partial charge in [0, 0.05) is 36.3 Å². The first-order valence-corrected chi connectivity index (χ1v) is 11.5. The summed E-state index contributed by atoms with van der Waals surface area (Å²) in [6.07, 6.45) is 1.88. The number of nitrogens with zero attached hydrogens (tertiary/aromatic N) is 2. The predicted octanol–water partition coefficient (Wildman–Crippen LogP) is 2.85. The number of amides is 1. The van der Waals surface area contributed by atoms with Crippen molar-refractivity contribution in [1.29, 1.82) is 5.26 Å². The average molecular weight is 439 g/mol. The van der Waals surface area contributed by atoms with E-state index in [-0.39, 0.29) is 47.8 Å². The molecule has 2 aliphatic carbocycles. The lowest BCUT2D eigenvalue weighted by Gasteiger charge is -2.31. The molecule has 9 heteroatoms. The molecule has 31 heavy (non-hydrogen) atoms. The molecule has 6 unspecified atom stereocenters. The van der Waals surface area contributed by atoms with Crippen LogP contribution in [0.3, 0.4) is 0 Å². The minimum absolute atomic E-state index is 0.00224. The lowest BCUT2D eigenvalue weighted by atomic mass is 9.81. The van der Waals surface area contributed by atoms with E-state index in [1.807, 2.05) is 20.8 Å². The maximum Gasteiger partial charge on any atom is 0.229 e. The lowest BCUT2D eigenvalue weighted by molar-refractivity contribution is -0.124. The summed E-state index contributed by atoms with van der Waals surface area (Å²) in [4.78, 5) is 17.5. The first-order chi connectivity index (χ1) is 14.6. The van der Waals surface area contributed by atoms with Crippen LogP contribution in [0, 0.1) is 29.1 Å². The Morgan fingerprint density at radius 3 is 2.42 bits per heavy atom. The molecule has 3 aliphatic rings. The van der Waals surface area contributed by atoms with E-state index in [1.165, 1.54) is 0 Å². The van der Waals surface area contributed by atoms with Crippen LogP contribution in [0.1, 0.15) is 72.1 Å². The largest absolute Gasteiger partial charge is 0.351 e. The van der Waals surface area contributed by atoms with Crippen molar-refractivity contribution in [3.63, 3.8) is 0 Å². The van der Waals surface area contributed by atoms with Crippen molar-refractivity contribution in [2.75, 3.05) is 0 Å². The standard InChI is InChI=1S/C22H36F2N6O/c1-22(2,3)28-21(27-20(31)14-6-4-5-13(7-14)12-25)26-19-11-18(29-30-19)15-8-16(23)10-17(24)9-15/h13-19,29-30H,4-11H2,1-3H3,(H2,26,27,28,31). The minimum atomic E-state index is -1.09. The van der Waals surface area contributed by atoms with E-state index in [0.717, 1.165) is 19.3 Å². The highest BCUT2D eigenvalue weighted by atomic mass is 19.1. The van der Waals surface area contributed by atoms with Crippen molar-refractivity contribution in [2.24, 2.45) is 22.7 Å². The Labute approximate surface area is 183 Å². The molecular formula is C22H36F2N6O. The normalized spacial score (nSPS) is 37.2. The van der Waals surface area contributed by atoms with E-state index < -0.39 is 12.3 Å². The Morgan fingerprint density at radius 1 is 1.06 bits per heavy atom. The molecule has 0 aromatic rings. The van der Waals surface area contributed by atoms with Gasteiger partial charge in [-0.3, -0.25) is 15.5 Å². The van der Waals surface area contributed by atoms with Crippen molar-refractivity contribution in [3.05, 3.63) is 0 Å². The first-order valence-electron chi connectivity index (χ1n) is 11.5. The molecule has 0 radical (unpaired) electrons. The number of hydrogen-bond acceptors (Lipinski definition) is 5. The first kappa shape index (κ1) is 23.9. The molecular weight excluding hydrogens is 402 g/mol. The van der Waals surface area contributed by atoms with Crippen molar-refractivity contribution in [2.45, 2.75) is 102 Å². The Morgan fingerprint density at radius 2 is 1.77 bits per heavy atom. The molecule has 0 spiro atoms. The molecule has 1 aliphatic heterocycles. The van der Waals surface area contributed by atoms with Gasteiger partial charge in [-0.1, -0.05) is 6.42 Å². The molecule has 1 heterocycles. The van der Waals surface area contributed by atoms with Crippen LogP contribution in [0.5, 0.6) is 0 Å². The summed E-state index contributed by atoms with van der Waals surface area (Å²) in [5.74, 6) is -0.0861. The third-order valence-electron chi connectivity index (χ3n) is 6.36. The zero-order chi connectivity index (χ0) is 22.6. The maximum atomic E-state index is 13.8. The molecule has 6 atom stereocenters. The lowest BCUT2D eigenvalue weighted by Crippen LogP contribution is -2.52. The molecule has 1 saturated heterocycles. The highest BCUT2D eigenvalue weighted by molar-refractivity contribution is 5.98. The van der Waals surface area contributed by atoms with Gasteiger partial charge in [0.25, 0.3) is 0 Å². The van der Waals surface area contributed by atoms with Gasteiger partial charge in [-0.05, 0) is 58.8 Å². The van der Waals surface area contributed by atoms with Crippen LogP contribution in [-0.2, 0) is 4.79 Å². The summed E-state index contributed by atoms with van der Waals surface area (Å²) >= 11 is 0. The smallest absolute Gasteiger partial charge is 0.229 e. The van der Waals surface area contributed by atoms with Crippen LogP contribution >= 0.6 is 0 Å². The van der Waals surface area contributed by atoms with E-state index >= 15 is 0 Å². The highest BCUT2D eigenvalue weighted by Crippen LogP contribution is 2.33. The van der Waals surface area contributed by atoms with Gasteiger partial charge in [0.15, 0.2) is 5.96 Å². The minimum Gasteiger partial charge on any atom is -0.351 e. The monoisotopic (exact) mass is 438 g/mol. The SMILES string of the molecule is CC(C)(C)N/C(=N\C1CC(C2CC(F)CC(F)C2)NN1)NC(=O)C1CCCC(C#N)C1. The number of nitrogens with one attached hydrogen (secondary N) is 4. The van der Waals surface area contributed by atoms with Gasteiger partial charge in [-0.25, -0.2) is 19.2 Å². The highest BCUT2D eigenvalue weighted by Gasteiger charge is 2.37. The van der Waals surface area contributed by atoms with Gasteiger partial charge in [0.1, 0.15) is 18.5 Å². The van der Waals surface area contributed by atoms with E-state index in [0.29, 0.717) is 31.6 Å². The van der Waals surface area contributed by atoms with Crippen LogP contribution in [0.25, 0.3) is 0 Å². The van der Waals surface area contributed by atoms with E-state index in [1.54, 1.807) is 0 Å². The number of hydrazine groups is 1. The van der Waals surface area contributed by atoms with E-state index in [9.17, 15) is 18.8 Å². The second-order valence-electron chi connectivity index (χ2n) is 10.3. The number of carbonyl (C=O) groups is 1. The van der Waals surface area contributed by atoms with Crippen molar-refractivity contribution >= 4 is 11.9 Å². The summed E-state index contributed by atoms with van der Waals surface area (Å²) in [6, 6.07) is 2.22. The van der Waals surface area contributed by atoms with E-state index in [2.05, 4.69) is 32.5 Å². The van der Waals surface area contributed by atoms with Crippen LogP contribution in [0.4, 0.5) is 8.78 Å². The number of hydrogen-bond donors (Lipinski definition) is 4. The van der Waals surface area contributed by atoms with Crippen LogP contribution < -0.4 is 21.5 Å². The maximum absolute atomic E-state index is 13.8. The molecule has 3 fully saturated rings. The second-order valence-corrected chi connectivity index (χ2v) is 10.3. The summed E-state index contributed by atoms with van der Waals surface area (Å²) in [7, 11) is 0. The molecule has 3 rings (SSSR count). The molecule has 2 saturated carbocycles. The molecule has 0 aromatic heterocycles. The van der Waals surface area contributed by atoms with Gasteiger partial charge in [-0.15, -0.1) is 0 Å². The van der Waals surface area contributed by atoms with Crippen LogP contribution in [0.15, 0.2) is 4.99 Å². The number of guanidine groups is 1. The Kier molecular flexibility index (Phi) is 7.87. The molecule has 4 N–H and O–H groups in total. The van der Waals surface area contributed by atoms with Crippen molar-refractivity contribution in [3.8, 4) is 6.07 Å². The summed E-state index contributed by atoms with van der Waals surface area (Å²) in [5, 5.41) is 15.4. The van der Waals surface area contributed by atoms with Gasteiger partial charge >= 0.3 is 0 Å². The number of nitriles is 1. The molecule has 0 bridgehead atoms. The number of aliphatic imine (C=N–C) groups is 1. The Bertz CT molecular complexity index is 693. The number of alkyl halides is 2. The summed E-state index contributed by atoms with van der Waals surface area (Å²) < 4.78 is 27.6. The number of carbonyl (C=O) groups excluding carboxylic acids is 1. The van der Waals surface area contributed by atoms with Gasteiger partial charge in [0.2, 0.25) is 5.91 Å². The van der Waals surface area contributed by atoms with Crippen molar-refractivity contribution < 1.29 is 13.6 Å². The zero-order valence-corrected chi connectivity index (χ0v) is 18.8.